The first-order valence-corrected chi connectivity index (χ1v) is 4.03. The molecule has 0 aromatic carbocycles. The molecule has 0 saturated heterocycles. The van der Waals surface area contributed by atoms with Crippen molar-refractivity contribution in [1.82, 2.24) is 0 Å². The average Bonchev–Trinajstić information content (AvgIpc) is 2.13. The Hall–Kier alpha value is -1.83. The minimum Gasteiger partial charge on any atom is -0.478 e. The Balaban J connectivity index is 4.61. The largest absolute Gasteiger partial charge is 0.478 e. The van der Waals surface area contributed by atoms with Gasteiger partial charge in [-0.2, -0.15) is 5.26 Å². The highest BCUT2D eigenvalue weighted by molar-refractivity contribution is 5.87. The Morgan fingerprint density at radius 1 is 1.50 bits per heavy atom. The summed E-state index contributed by atoms with van der Waals surface area (Å²) in [6.45, 7) is 3.02. The van der Waals surface area contributed by atoms with Crippen molar-refractivity contribution in [3.63, 3.8) is 0 Å². The van der Waals surface area contributed by atoms with Crippen molar-refractivity contribution >= 4 is 11.9 Å². The SMILES string of the molecule is CC/C(OC(=O)CC#N)=C(/C)C(=O)O. The Labute approximate surface area is 81.6 Å². The number of ether oxygens (including phenoxy) is 1. The van der Waals surface area contributed by atoms with Crippen LogP contribution in [0.2, 0.25) is 0 Å². The molecule has 5 heteroatoms. The van der Waals surface area contributed by atoms with Crippen LogP contribution >= 0.6 is 0 Å². The van der Waals surface area contributed by atoms with Crippen molar-refractivity contribution in [2.24, 2.45) is 0 Å². The lowest BCUT2D eigenvalue weighted by molar-refractivity contribution is -0.138. The van der Waals surface area contributed by atoms with Gasteiger partial charge in [0.05, 0.1) is 11.6 Å². The number of carboxylic acids is 1. The van der Waals surface area contributed by atoms with E-state index in [1.54, 1.807) is 13.0 Å². The molecule has 0 fully saturated rings. The van der Waals surface area contributed by atoms with Gasteiger partial charge in [0.1, 0.15) is 12.2 Å². The van der Waals surface area contributed by atoms with Gasteiger partial charge in [0.25, 0.3) is 0 Å². The molecule has 0 heterocycles. The van der Waals surface area contributed by atoms with Gasteiger partial charge in [-0.05, 0) is 6.92 Å². The van der Waals surface area contributed by atoms with Crippen LogP contribution in [0.5, 0.6) is 0 Å². The van der Waals surface area contributed by atoms with Gasteiger partial charge in [0, 0.05) is 6.42 Å². The molecule has 0 aromatic rings. The Morgan fingerprint density at radius 3 is 2.43 bits per heavy atom. The van der Waals surface area contributed by atoms with E-state index in [1.165, 1.54) is 6.92 Å². The molecule has 5 nitrogen and oxygen atoms in total. The zero-order valence-corrected chi connectivity index (χ0v) is 8.03. The molecule has 0 unspecified atom stereocenters. The van der Waals surface area contributed by atoms with Crippen LogP contribution in [0.25, 0.3) is 0 Å². The van der Waals surface area contributed by atoms with E-state index in [1.807, 2.05) is 0 Å². The van der Waals surface area contributed by atoms with Crippen molar-refractivity contribution < 1.29 is 19.4 Å². The van der Waals surface area contributed by atoms with E-state index in [0.29, 0.717) is 6.42 Å². The third kappa shape index (κ3) is 3.72. The second kappa shape index (κ2) is 5.75. The summed E-state index contributed by atoms with van der Waals surface area (Å²) >= 11 is 0. The summed E-state index contributed by atoms with van der Waals surface area (Å²) in [5, 5.41) is 16.8. The summed E-state index contributed by atoms with van der Waals surface area (Å²) in [7, 11) is 0. The minimum atomic E-state index is -1.13. The van der Waals surface area contributed by atoms with Gasteiger partial charge in [-0.15, -0.1) is 0 Å². The van der Waals surface area contributed by atoms with Crippen LogP contribution in [-0.2, 0) is 14.3 Å². The molecule has 1 N–H and O–H groups in total. The highest BCUT2D eigenvalue weighted by Gasteiger charge is 2.12. The highest BCUT2D eigenvalue weighted by Crippen LogP contribution is 2.11. The minimum absolute atomic E-state index is 0.0150. The van der Waals surface area contributed by atoms with Crippen LogP contribution in [0.15, 0.2) is 11.3 Å². The zero-order valence-electron chi connectivity index (χ0n) is 8.03. The molecule has 0 aliphatic rings. The number of carboxylic acid groups (broad SMARTS) is 1. The van der Waals surface area contributed by atoms with Gasteiger partial charge in [-0.25, -0.2) is 4.79 Å². The van der Waals surface area contributed by atoms with Crippen LogP contribution in [-0.4, -0.2) is 17.0 Å². The van der Waals surface area contributed by atoms with E-state index in [2.05, 4.69) is 0 Å². The topological polar surface area (TPSA) is 87.4 Å². The fourth-order valence-corrected chi connectivity index (χ4v) is 0.771. The van der Waals surface area contributed by atoms with Crippen molar-refractivity contribution in [1.29, 1.82) is 5.26 Å². The summed E-state index contributed by atoms with van der Waals surface area (Å²) in [5.74, 6) is -1.77. The first-order valence-electron chi connectivity index (χ1n) is 4.03. The summed E-state index contributed by atoms with van der Waals surface area (Å²) in [5.41, 5.74) is -0.0150. The van der Waals surface area contributed by atoms with Gasteiger partial charge in [-0.3, -0.25) is 4.79 Å². The summed E-state index contributed by atoms with van der Waals surface area (Å²) < 4.78 is 4.70. The molecule has 0 amide bonds. The van der Waals surface area contributed by atoms with Crippen LogP contribution in [0.3, 0.4) is 0 Å². The third-order valence-electron chi connectivity index (χ3n) is 1.52. The lowest BCUT2D eigenvalue weighted by Gasteiger charge is -2.06. The number of carbonyl (C=O) groups excluding carboxylic acids is 1. The normalized spacial score (nSPS) is 11.2. The maximum Gasteiger partial charge on any atom is 0.334 e. The Morgan fingerprint density at radius 2 is 2.07 bits per heavy atom. The molecule has 0 radical (unpaired) electrons. The van der Waals surface area contributed by atoms with E-state index >= 15 is 0 Å². The molecule has 0 rings (SSSR count). The molecule has 0 saturated carbocycles. The molecule has 14 heavy (non-hydrogen) atoms. The lowest BCUT2D eigenvalue weighted by Crippen LogP contribution is -2.08. The smallest absolute Gasteiger partial charge is 0.334 e. The number of esters is 1. The summed E-state index contributed by atoms with van der Waals surface area (Å²) in [4.78, 5) is 21.4. The highest BCUT2D eigenvalue weighted by atomic mass is 16.5. The quantitative estimate of drug-likeness (QED) is 0.415. The molecule has 0 spiro atoms. The van der Waals surface area contributed by atoms with E-state index in [4.69, 9.17) is 15.1 Å². The summed E-state index contributed by atoms with van der Waals surface area (Å²) in [6.07, 6.45) is -0.0777. The van der Waals surface area contributed by atoms with Crippen LogP contribution in [0.1, 0.15) is 26.7 Å². The number of hydrogen-bond acceptors (Lipinski definition) is 4. The maximum atomic E-state index is 10.9. The third-order valence-corrected chi connectivity index (χ3v) is 1.52. The molecule has 0 aliphatic heterocycles. The van der Waals surface area contributed by atoms with Crippen LogP contribution < -0.4 is 0 Å². The number of aliphatic carboxylic acids is 1. The van der Waals surface area contributed by atoms with E-state index in [0.717, 1.165) is 0 Å². The number of nitriles is 1. The fraction of sp³-hybridized carbons (Fsp3) is 0.444. The second-order valence-corrected chi connectivity index (χ2v) is 2.52. The standard InChI is InChI=1S/C9H11NO4/c1-3-7(6(2)9(12)13)14-8(11)4-5-10/h3-4H2,1-2H3,(H,12,13)/b7-6+. The maximum absolute atomic E-state index is 10.9. The van der Waals surface area contributed by atoms with E-state index in [9.17, 15) is 9.59 Å². The lowest BCUT2D eigenvalue weighted by atomic mass is 10.2. The van der Waals surface area contributed by atoms with E-state index < -0.39 is 11.9 Å². The first kappa shape index (κ1) is 12.2. The second-order valence-electron chi connectivity index (χ2n) is 2.52. The van der Waals surface area contributed by atoms with Gasteiger partial charge in [-0.1, -0.05) is 6.92 Å². The zero-order chi connectivity index (χ0) is 11.1. The van der Waals surface area contributed by atoms with Crippen molar-refractivity contribution in [2.75, 3.05) is 0 Å². The van der Waals surface area contributed by atoms with Crippen molar-refractivity contribution in [2.45, 2.75) is 26.7 Å². The van der Waals surface area contributed by atoms with Gasteiger partial charge in [0.15, 0.2) is 0 Å². The number of rotatable bonds is 4. The molecule has 76 valence electrons. The molecule has 0 aromatic heterocycles. The van der Waals surface area contributed by atoms with Crippen LogP contribution in [0, 0.1) is 11.3 Å². The summed E-state index contributed by atoms with van der Waals surface area (Å²) in [6, 6.07) is 1.62. The predicted octanol–water partition coefficient (Wildman–Crippen LogP) is 1.21. The monoisotopic (exact) mass is 197 g/mol. The number of hydrogen-bond donors (Lipinski definition) is 1. The molecule has 0 bridgehead atoms. The van der Waals surface area contributed by atoms with Gasteiger partial charge < -0.3 is 9.84 Å². The predicted molar refractivity (Wildman–Crippen MR) is 46.9 cm³/mol. The van der Waals surface area contributed by atoms with Gasteiger partial charge in [0.2, 0.25) is 0 Å². The van der Waals surface area contributed by atoms with Gasteiger partial charge >= 0.3 is 11.9 Å². The molecule has 0 aliphatic carbocycles. The Bertz CT molecular complexity index is 311. The number of carbonyl (C=O) groups is 2. The molecular weight excluding hydrogens is 186 g/mol. The molecular formula is C9H11NO4. The van der Waals surface area contributed by atoms with Crippen molar-refractivity contribution in [3.05, 3.63) is 11.3 Å². The number of nitrogens with zero attached hydrogens (tertiary/aromatic N) is 1. The number of allylic oxidation sites excluding steroid dienone is 1. The fourth-order valence-electron chi connectivity index (χ4n) is 0.771. The van der Waals surface area contributed by atoms with Crippen LogP contribution in [0.4, 0.5) is 0 Å². The van der Waals surface area contributed by atoms with E-state index in [-0.39, 0.29) is 17.8 Å². The Kier molecular flexibility index (Phi) is 5.00. The molecule has 0 atom stereocenters. The average molecular weight is 197 g/mol. The first-order chi connectivity index (χ1) is 6.52. The van der Waals surface area contributed by atoms with Crippen molar-refractivity contribution in [3.8, 4) is 6.07 Å².